The van der Waals surface area contributed by atoms with E-state index < -0.39 is 12.8 Å². The number of ether oxygens (including phenoxy) is 3. The predicted octanol–water partition coefficient (Wildman–Crippen LogP) is 3.75. The van der Waals surface area contributed by atoms with Gasteiger partial charge in [0.25, 0.3) is 0 Å². The van der Waals surface area contributed by atoms with Crippen LogP contribution in [0.2, 0.25) is 0 Å². The second-order valence-corrected chi connectivity index (χ2v) is 5.76. The molecule has 3 N–H and O–H groups in total. The maximum absolute atomic E-state index is 12.1. The number of aliphatic imine (C=N–C) groups is 1. The third kappa shape index (κ3) is 7.76. The van der Waals surface area contributed by atoms with Crippen LogP contribution in [0.15, 0.2) is 41.5 Å². The molecule has 158 valence electrons. The first-order chi connectivity index (χ1) is 13.8. The van der Waals surface area contributed by atoms with Crippen molar-refractivity contribution in [1.29, 1.82) is 0 Å². The number of alkyl halides is 3. The summed E-state index contributed by atoms with van der Waals surface area (Å²) in [6, 6.07) is 8.23. The highest BCUT2D eigenvalue weighted by Crippen LogP contribution is 2.29. The standard InChI is InChI=1S/C19H23F3N4O3/c1-3-27-14-6-7-16(28-4-2)15(9-14)26-18(23)25-11-13-5-8-17(24-10-13)29-12-19(20,21)22/h5-10H,3-4,11-12H2,1-2H3,(H3,23,25,26). The minimum Gasteiger partial charge on any atom is -0.494 e. The number of nitrogens with one attached hydrogen (secondary N) is 1. The SMILES string of the molecule is CCOc1ccc(OCC)c(NC(N)=NCc2ccc(OCC(F)(F)F)nc2)c1. The zero-order chi connectivity index (χ0) is 21.3. The number of pyridine rings is 1. The van der Waals surface area contributed by atoms with E-state index >= 15 is 0 Å². The summed E-state index contributed by atoms with van der Waals surface area (Å²) in [7, 11) is 0. The highest BCUT2D eigenvalue weighted by Gasteiger charge is 2.28. The van der Waals surface area contributed by atoms with E-state index in [1.807, 2.05) is 13.8 Å². The lowest BCUT2D eigenvalue weighted by atomic mass is 10.2. The Morgan fingerprint density at radius 3 is 2.48 bits per heavy atom. The van der Waals surface area contributed by atoms with Gasteiger partial charge in [0.2, 0.25) is 5.88 Å². The van der Waals surface area contributed by atoms with Crippen molar-refractivity contribution in [3.8, 4) is 17.4 Å². The predicted molar refractivity (Wildman–Crippen MR) is 104 cm³/mol. The molecule has 0 saturated carbocycles. The quantitative estimate of drug-likeness (QED) is 0.482. The van der Waals surface area contributed by atoms with Crippen LogP contribution >= 0.6 is 0 Å². The summed E-state index contributed by atoms with van der Waals surface area (Å²) in [5.41, 5.74) is 7.20. The molecule has 1 aromatic carbocycles. The Morgan fingerprint density at radius 1 is 1.10 bits per heavy atom. The number of hydrogen-bond donors (Lipinski definition) is 2. The Hall–Kier alpha value is -3.17. The van der Waals surface area contributed by atoms with Crippen LogP contribution in [0, 0.1) is 0 Å². The van der Waals surface area contributed by atoms with Crippen molar-refractivity contribution in [2.24, 2.45) is 10.7 Å². The third-order valence-electron chi connectivity index (χ3n) is 3.44. The Bertz CT molecular complexity index is 811. The molecule has 1 aromatic heterocycles. The summed E-state index contributed by atoms with van der Waals surface area (Å²) in [4.78, 5) is 8.03. The molecular weight excluding hydrogens is 389 g/mol. The molecule has 29 heavy (non-hydrogen) atoms. The van der Waals surface area contributed by atoms with Gasteiger partial charge in [-0.05, 0) is 31.5 Å². The first-order valence-electron chi connectivity index (χ1n) is 8.91. The highest BCUT2D eigenvalue weighted by atomic mass is 19.4. The second-order valence-electron chi connectivity index (χ2n) is 5.76. The maximum Gasteiger partial charge on any atom is 0.422 e. The van der Waals surface area contributed by atoms with Crippen molar-refractivity contribution in [2.75, 3.05) is 25.1 Å². The van der Waals surface area contributed by atoms with Gasteiger partial charge in [-0.25, -0.2) is 9.98 Å². The normalized spacial score (nSPS) is 11.8. The summed E-state index contributed by atoms with van der Waals surface area (Å²) < 4.78 is 52.0. The van der Waals surface area contributed by atoms with Crippen molar-refractivity contribution in [2.45, 2.75) is 26.6 Å². The smallest absolute Gasteiger partial charge is 0.422 e. The van der Waals surface area contributed by atoms with Crippen LogP contribution in [-0.2, 0) is 6.54 Å². The summed E-state index contributed by atoms with van der Waals surface area (Å²) >= 11 is 0. The topological polar surface area (TPSA) is 91.0 Å². The van der Waals surface area contributed by atoms with Gasteiger partial charge in [0, 0.05) is 18.3 Å². The molecule has 0 aliphatic rings. The summed E-state index contributed by atoms with van der Waals surface area (Å²) in [5, 5.41) is 2.97. The minimum absolute atomic E-state index is 0.116. The van der Waals surface area contributed by atoms with E-state index in [0.29, 0.717) is 36.0 Å². The van der Waals surface area contributed by atoms with Crippen LogP contribution in [-0.4, -0.2) is 36.9 Å². The van der Waals surface area contributed by atoms with Crippen molar-refractivity contribution in [1.82, 2.24) is 4.98 Å². The van der Waals surface area contributed by atoms with Gasteiger partial charge in [-0.1, -0.05) is 6.07 Å². The van der Waals surface area contributed by atoms with Gasteiger partial charge in [-0.2, -0.15) is 13.2 Å². The monoisotopic (exact) mass is 412 g/mol. The van der Waals surface area contributed by atoms with Crippen molar-refractivity contribution in [3.63, 3.8) is 0 Å². The van der Waals surface area contributed by atoms with Crippen molar-refractivity contribution >= 4 is 11.6 Å². The van der Waals surface area contributed by atoms with Gasteiger partial charge in [0.15, 0.2) is 12.6 Å². The highest BCUT2D eigenvalue weighted by molar-refractivity contribution is 5.94. The van der Waals surface area contributed by atoms with Gasteiger partial charge in [-0.15, -0.1) is 0 Å². The molecule has 7 nitrogen and oxygen atoms in total. The average molecular weight is 412 g/mol. The van der Waals surface area contributed by atoms with E-state index in [4.69, 9.17) is 15.2 Å². The van der Waals surface area contributed by atoms with Gasteiger partial charge in [-0.3, -0.25) is 0 Å². The van der Waals surface area contributed by atoms with E-state index in [1.165, 1.54) is 12.3 Å². The molecule has 2 aromatic rings. The van der Waals surface area contributed by atoms with E-state index in [2.05, 4.69) is 20.0 Å². The van der Waals surface area contributed by atoms with Crippen LogP contribution in [0.5, 0.6) is 17.4 Å². The van der Waals surface area contributed by atoms with E-state index in [1.54, 1.807) is 24.3 Å². The lowest BCUT2D eigenvalue weighted by Gasteiger charge is -2.14. The maximum atomic E-state index is 12.1. The van der Waals surface area contributed by atoms with E-state index in [0.717, 1.165) is 0 Å². The molecule has 0 aliphatic carbocycles. The van der Waals surface area contributed by atoms with Crippen molar-refractivity contribution in [3.05, 3.63) is 42.1 Å². The summed E-state index contributed by atoms with van der Waals surface area (Å²) in [5.74, 6) is 1.28. The van der Waals surface area contributed by atoms with Crippen LogP contribution in [0.3, 0.4) is 0 Å². The Kier molecular flexibility index (Phi) is 7.93. The summed E-state index contributed by atoms with van der Waals surface area (Å²) in [6.45, 7) is 3.54. The zero-order valence-corrected chi connectivity index (χ0v) is 16.1. The van der Waals surface area contributed by atoms with Gasteiger partial charge in [0.1, 0.15) is 11.5 Å². The fraction of sp³-hybridized carbons (Fsp3) is 0.368. The van der Waals surface area contributed by atoms with E-state index in [9.17, 15) is 13.2 Å². The van der Waals surface area contributed by atoms with Crippen molar-refractivity contribution < 1.29 is 27.4 Å². The Balaban J connectivity index is 2.00. The molecule has 0 atom stereocenters. The number of nitrogens with two attached hydrogens (primary N) is 1. The lowest BCUT2D eigenvalue weighted by Crippen LogP contribution is -2.23. The number of halogens is 3. The number of hydrogen-bond acceptors (Lipinski definition) is 5. The number of aromatic nitrogens is 1. The number of rotatable bonds is 9. The first kappa shape index (κ1) is 22.1. The first-order valence-corrected chi connectivity index (χ1v) is 8.91. The Morgan fingerprint density at radius 2 is 1.86 bits per heavy atom. The number of anilines is 1. The summed E-state index contributed by atoms with van der Waals surface area (Å²) in [6.07, 6.45) is -3.03. The molecule has 0 saturated heterocycles. The molecule has 0 aliphatic heterocycles. The number of guanidine groups is 1. The molecule has 2 rings (SSSR count). The molecule has 0 fully saturated rings. The van der Waals surface area contributed by atoms with Crippen LogP contribution in [0.4, 0.5) is 18.9 Å². The molecule has 0 spiro atoms. The van der Waals surface area contributed by atoms with Crippen LogP contribution in [0.25, 0.3) is 0 Å². The Labute approximate surface area is 166 Å². The lowest BCUT2D eigenvalue weighted by molar-refractivity contribution is -0.154. The van der Waals surface area contributed by atoms with Gasteiger partial charge < -0.3 is 25.3 Å². The zero-order valence-electron chi connectivity index (χ0n) is 16.1. The van der Waals surface area contributed by atoms with Crippen LogP contribution < -0.4 is 25.3 Å². The van der Waals surface area contributed by atoms with Gasteiger partial charge in [0.05, 0.1) is 25.4 Å². The molecule has 0 radical (unpaired) electrons. The van der Waals surface area contributed by atoms with Gasteiger partial charge >= 0.3 is 6.18 Å². The fourth-order valence-corrected chi connectivity index (χ4v) is 2.24. The molecule has 0 amide bonds. The van der Waals surface area contributed by atoms with E-state index in [-0.39, 0.29) is 18.4 Å². The largest absolute Gasteiger partial charge is 0.494 e. The second kappa shape index (κ2) is 10.4. The molecule has 0 unspecified atom stereocenters. The molecule has 1 heterocycles. The molecule has 0 bridgehead atoms. The minimum atomic E-state index is -4.41. The third-order valence-corrected chi connectivity index (χ3v) is 3.44. The average Bonchev–Trinajstić information content (AvgIpc) is 2.67. The number of benzene rings is 1. The number of nitrogens with zero attached hydrogens (tertiary/aromatic N) is 2. The fourth-order valence-electron chi connectivity index (χ4n) is 2.24. The van der Waals surface area contributed by atoms with Crippen LogP contribution in [0.1, 0.15) is 19.4 Å². The molecule has 10 heteroatoms. The molecular formula is C19H23F3N4O3.